The lowest BCUT2D eigenvalue weighted by Crippen LogP contribution is -2.54. The van der Waals surface area contributed by atoms with E-state index in [4.69, 9.17) is 4.74 Å². The molecule has 0 saturated heterocycles. The zero-order chi connectivity index (χ0) is 21.9. The number of ether oxygens (including phenoxy) is 2. The topological polar surface area (TPSA) is 121 Å². The van der Waals surface area contributed by atoms with E-state index in [2.05, 4.69) is 15.4 Å². The van der Waals surface area contributed by atoms with Crippen molar-refractivity contribution in [2.45, 2.75) is 38.0 Å². The van der Waals surface area contributed by atoms with Crippen molar-refractivity contribution in [3.8, 4) is 11.8 Å². The number of rotatable bonds is 4. The highest BCUT2D eigenvalue weighted by Crippen LogP contribution is 2.40. The van der Waals surface area contributed by atoms with Crippen LogP contribution in [-0.4, -0.2) is 35.9 Å². The van der Waals surface area contributed by atoms with Gasteiger partial charge in [0.2, 0.25) is 0 Å². The molecule has 2 atom stereocenters. The summed E-state index contributed by atoms with van der Waals surface area (Å²) in [6.07, 6.45) is -0.958. The minimum Gasteiger partial charge on any atom is -0.485 e. The maximum Gasteiger partial charge on any atom is 0.319 e. The van der Waals surface area contributed by atoms with Gasteiger partial charge >= 0.3 is 12.0 Å². The molecule has 1 heterocycles. The van der Waals surface area contributed by atoms with Crippen LogP contribution in [0.4, 0.5) is 10.5 Å². The molecule has 0 aliphatic carbocycles. The smallest absolute Gasteiger partial charge is 0.319 e. The third kappa shape index (κ3) is 4.53. The quantitative estimate of drug-likeness (QED) is 0.668. The second-order valence-electron chi connectivity index (χ2n) is 7.54. The van der Waals surface area contributed by atoms with Gasteiger partial charge in [-0.25, -0.2) is 4.79 Å². The van der Waals surface area contributed by atoms with Gasteiger partial charge in [-0.1, -0.05) is 12.1 Å². The molecule has 0 unspecified atom stereocenters. The van der Waals surface area contributed by atoms with Crippen molar-refractivity contribution in [2.24, 2.45) is 0 Å². The standard InChI is InChI=1S/C22H23N3O5/c1-22(2)20(27)19(16-10-14(12-23)7-8-17(16)30-22)25-21(28)24-15-6-4-5-13(9-15)11-18(26)29-3/h4-10,19-20,27H,11H2,1-3H3,(H2,24,25,28)/t19-,20+/m1/s1. The summed E-state index contributed by atoms with van der Waals surface area (Å²) >= 11 is 0. The summed E-state index contributed by atoms with van der Waals surface area (Å²) < 4.78 is 10.5. The van der Waals surface area contributed by atoms with E-state index in [9.17, 15) is 20.0 Å². The number of nitrogens with zero attached hydrogens (tertiary/aromatic N) is 1. The van der Waals surface area contributed by atoms with Gasteiger partial charge in [0.1, 0.15) is 17.5 Å². The van der Waals surface area contributed by atoms with Crippen LogP contribution in [-0.2, 0) is 16.0 Å². The van der Waals surface area contributed by atoms with Crippen LogP contribution >= 0.6 is 0 Å². The Morgan fingerprint density at radius 1 is 1.27 bits per heavy atom. The van der Waals surface area contributed by atoms with E-state index in [0.717, 1.165) is 0 Å². The van der Waals surface area contributed by atoms with Crippen LogP contribution in [0.15, 0.2) is 42.5 Å². The average molecular weight is 409 g/mol. The zero-order valence-electron chi connectivity index (χ0n) is 16.9. The molecule has 1 aliphatic rings. The lowest BCUT2D eigenvalue weighted by Gasteiger charge is -2.42. The predicted octanol–water partition coefficient (Wildman–Crippen LogP) is 2.67. The second kappa shape index (κ2) is 8.43. The van der Waals surface area contributed by atoms with Crippen LogP contribution < -0.4 is 15.4 Å². The maximum absolute atomic E-state index is 12.7. The molecule has 0 fully saturated rings. The van der Waals surface area contributed by atoms with Crippen molar-refractivity contribution in [3.63, 3.8) is 0 Å². The SMILES string of the molecule is COC(=O)Cc1cccc(NC(=O)N[C@@H]2c3cc(C#N)ccc3OC(C)(C)[C@H]2O)c1. The van der Waals surface area contributed by atoms with E-state index in [-0.39, 0.29) is 12.4 Å². The summed E-state index contributed by atoms with van der Waals surface area (Å²) in [4.78, 5) is 24.1. The van der Waals surface area contributed by atoms with Crippen LogP contribution in [0.5, 0.6) is 5.75 Å². The fourth-order valence-electron chi connectivity index (χ4n) is 3.33. The number of hydrogen-bond donors (Lipinski definition) is 3. The molecule has 8 nitrogen and oxygen atoms in total. The fraction of sp³-hybridized carbons (Fsp3) is 0.318. The number of fused-ring (bicyclic) bond motifs is 1. The summed E-state index contributed by atoms with van der Waals surface area (Å²) in [5.41, 5.74) is 1.15. The van der Waals surface area contributed by atoms with Gasteiger partial charge in [0.05, 0.1) is 31.2 Å². The molecule has 0 saturated carbocycles. The van der Waals surface area contributed by atoms with Gasteiger partial charge in [-0.15, -0.1) is 0 Å². The zero-order valence-corrected chi connectivity index (χ0v) is 16.9. The third-order valence-corrected chi connectivity index (χ3v) is 4.92. The maximum atomic E-state index is 12.7. The number of methoxy groups -OCH3 is 1. The molecule has 0 spiro atoms. The van der Waals surface area contributed by atoms with Gasteiger partial charge in [0.15, 0.2) is 0 Å². The van der Waals surface area contributed by atoms with Crippen LogP contribution in [0, 0.1) is 11.3 Å². The lowest BCUT2D eigenvalue weighted by atomic mass is 9.86. The number of urea groups is 1. The number of nitrogens with one attached hydrogen (secondary N) is 2. The number of carbonyl (C=O) groups excluding carboxylic acids is 2. The number of carbonyl (C=O) groups is 2. The molecule has 8 heteroatoms. The summed E-state index contributed by atoms with van der Waals surface area (Å²) in [6, 6.07) is 12.4. The van der Waals surface area contributed by atoms with E-state index < -0.39 is 23.8 Å². The van der Waals surface area contributed by atoms with E-state index in [1.54, 1.807) is 56.3 Å². The van der Waals surface area contributed by atoms with Gasteiger partial charge in [-0.3, -0.25) is 4.79 Å². The molecule has 0 aromatic heterocycles. The van der Waals surface area contributed by atoms with Crippen LogP contribution in [0.25, 0.3) is 0 Å². The Kier molecular flexibility index (Phi) is 5.94. The molecule has 0 radical (unpaired) electrons. The fourth-order valence-corrected chi connectivity index (χ4v) is 3.33. The average Bonchev–Trinajstić information content (AvgIpc) is 2.71. The number of aliphatic hydroxyl groups excluding tert-OH is 1. The predicted molar refractivity (Wildman–Crippen MR) is 109 cm³/mol. The Hall–Kier alpha value is -3.57. The summed E-state index contributed by atoms with van der Waals surface area (Å²) in [5, 5.41) is 25.5. The Morgan fingerprint density at radius 3 is 2.73 bits per heavy atom. The summed E-state index contributed by atoms with van der Waals surface area (Å²) in [5.74, 6) is 0.115. The molecule has 3 N–H and O–H groups in total. The van der Waals surface area contributed by atoms with Crippen LogP contribution in [0.2, 0.25) is 0 Å². The summed E-state index contributed by atoms with van der Waals surface area (Å²) in [6.45, 7) is 3.45. The molecular weight excluding hydrogens is 386 g/mol. The molecule has 156 valence electrons. The second-order valence-corrected chi connectivity index (χ2v) is 7.54. The minimum absolute atomic E-state index is 0.0881. The first-order chi connectivity index (χ1) is 14.2. The molecule has 2 aromatic carbocycles. The Morgan fingerprint density at radius 2 is 2.03 bits per heavy atom. The third-order valence-electron chi connectivity index (χ3n) is 4.92. The number of anilines is 1. The van der Waals surface area contributed by atoms with Crippen LogP contribution in [0.3, 0.4) is 0 Å². The van der Waals surface area contributed by atoms with Crippen molar-refractivity contribution in [1.82, 2.24) is 5.32 Å². The van der Waals surface area contributed by atoms with Gasteiger partial charge in [0, 0.05) is 11.3 Å². The monoisotopic (exact) mass is 409 g/mol. The Balaban J connectivity index is 1.80. The van der Waals surface area contributed by atoms with Gasteiger partial charge < -0.3 is 25.2 Å². The number of esters is 1. The molecule has 30 heavy (non-hydrogen) atoms. The molecule has 3 rings (SSSR count). The van der Waals surface area contributed by atoms with Gasteiger partial charge in [-0.2, -0.15) is 5.26 Å². The highest BCUT2D eigenvalue weighted by Gasteiger charge is 2.43. The van der Waals surface area contributed by atoms with Crippen molar-refractivity contribution in [2.75, 3.05) is 12.4 Å². The molecule has 2 aromatic rings. The highest BCUT2D eigenvalue weighted by molar-refractivity contribution is 5.90. The molecular formula is C22H23N3O5. The van der Waals surface area contributed by atoms with Crippen LogP contribution in [0.1, 0.15) is 36.6 Å². The van der Waals surface area contributed by atoms with Crippen molar-refractivity contribution < 1.29 is 24.2 Å². The number of benzene rings is 2. The van der Waals surface area contributed by atoms with E-state index in [1.165, 1.54) is 7.11 Å². The first-order valence-electron chi connectivity index (χ1n) is 9.38. The largest absolute Gasteiger partial charge is 0.485 e. The molecule has 1 aliphatic heterocycles. The molecule has 0 bridgehead atoms. The van der Waals surface area contributed by atoms with E-state index >= 15 is 0 Å². The van der Waals surface area contributed by atoms with Gasteiger partial charge in [0.25, 0.3) is 0 Å². The van der Waals surface area contributed by atoms with E-state index in [1.807, 2.05) is 6.07 Å². The first kappa shape index (κ1) is 21.1. The normalized spacial score (nSPS) is 18.9. The number of nitriles is 1. The van der Waals surface area contributed by atoms with E-state index in [0.29, 0.717) is 28.1 Å². The minimum atomic E-state index is -1.05. The number of aliphatic hydroxyl groups is 1. The highest BCUT2D eigenvalue weighted by atomic mass is 16.5. The summed E-state index contributed by atoms with van der Waals surface area (Å²) in [7, 11) is 1.31. The number of hydrogen-bond acceptors (Lipinski definition) is 6. The first-order valence-corrected chi connectivity index (χ1v) is 9.38. The van der Waals surface area contributed by atoms with Gasteiger partial charge in [-0.05, 0) is 49.7 Å². The lowest BCUT2D eigenvalue weighted by molar-refractivity contribution is -0.139. The molecule has 2 amide bonds. The van der Waals surface area contributed by atoms with Crippen molar-refractivity contribution in [1.29, 1.82) is 5.26 Å². The van der Waals surface area contributed by atoms with Crippen molar-refractivity contribution in [3.05, 3.63) is 59.2 Å². The number of amides is 2. The Labute approximate surface area is 174 Å². The van der Waals surface area contributed by atoms with Crippen molar-refractivity contribution >= 4 is 17.7 Å². The Bertz CT molecular complexity index is 1010.